The first-order valence-corrected chi connectivity index (χ1v) is 6.93. The fourth-order valence-electron chi connectivity index (χ4n) is 2.50. The van der Waals surface area contributed by atoms with Gasteiger partial charge in [0.25, 0.3) is 0 Å². The van der Waals surface area contributed by atoms with Crippen LogP contribution in [0.3, 0.4) is 0 Å². The topological polar surface area (TPSA) is 55.8 Å². The zero-order chi connectivity index (χ0) is 15.9. The quantitative estimate of drug-likeness (QED) is 0.529. The summed E-state index contributed by atoms with van der Waals surface area (Å²) in [5.74, 6) is -0.780. The minimum absolute atomic E-state index is 0.0939. The van der Waals surface area contributed by atoms with E-state index in [1.807, 2.05) is 12.2 Å². The number of nitrogens with zero attached hydrogens (tertiary/aromatic N) is 1. The molecule has 1 rings (SSSR count). The van der Waals surface area contributed by atoms with Gasteiger partial charge >= 0.3 is 11.9 Å². The second-order valence-corrected chi connectivity index (χ2v) is 4.96. The average molecular weight is 293 g/mol. The molecule has 0 aliphatic carbocycles. The van der Waals surface area contributed by atoms with E-state index < -0.39 is 17.6 Å². The third kappa shape index (κ3) is 4.29. The van der Waals surface area contributed by atoms with Crippen LogP contribution in [0.4, 0.5) is 0 Å². The maximum atomic E-state index is 11.4. The molecule has 1 aliphatic rings. The third-order valence-corrected chi connectivity index (χ3v) is 3.42. The Morgan fingerprint density at radius 3 is 2.62 bits per heavy atom. The molecule has 0 aromatic heterocycles. The number of hydrogen-bond acceptors (Lipinski definition) is 5. The highest BCUT2D eigenvalue weighted by molar-refractivity contribution is 5.67. The summed E-state index contributed by atoms with van der Waals surface area (Å²) in [4.78, 5) is 24.6. The van der Waals surface area contributed by atoms with Crippen LogP contribution >= 0.6 is 0 Å². The fraction of sp³-hybridized carbons (Fsp3) is 0.500. The van der Waals surface area contributed by atoms with Gasteiger partial charge in [-0.15, -0.1) is 6.58 Å². The molecule has 1 heterocycles. The Morgan fingerprint density at radius 2 is 2.10 bits per heavy atom. The molecule has 0 aromatic rings. The van der Waals surface area contributed by atoms with E-state index >= 15 is 0 Å². The summed E-state index contributed by atoms with van der Waals surface area (Å²) in [5, 5.41) is 0. The largest absolute Gasteiger partial charge is 0.463 e. The molecule has 0 saturated carbocycles. The summed E-state index contributed by atoms with van der Waals surface area (Å²) in [5.41, 5.74) is -0.745. The molecule has 0 amide bonds. The van der Waals surface area contributed by atoms with E-state index in [0.717, 1.165) is 13.0 Å². The lowest BCUT2D eigenvalue weighted by atomic mass is 9.87. The second-order valence-electron chi connectivity index (χ2n) is 4.96. The summed E-state index contributed by atoms with van der Waals surface area (Å²) in [6, 6.07) is 0. The maximum Gasteiger partial charge on any atom is 0.303 e. The lowest BCUT2D eigenvalue weighted by molar-refractivity contribution is -0.156. The standard InChI is InChI=1S/C16H23NO4/c1-5-10-17-11-8-7-9-16(17,12-20-13(3)18)15(6-2)21-14(4)19/h5-7,9,15H,1-2,8,10-12H2,3-4H3. The lowest BCUT2D eigenvalue weighted by Gasteiger charge is -2.46. The zero-order valence-electron chi connectivity index (χ0n) is 12.7. The summed E-state index contributed by atoms with van der Waals surface area (Å²) in [7, 11) is 0. The van der Waals surface area contributed by atoms with E-state index in [-0.39, 0.29) is 12.6 Å². The Kier molecular flexibility index (Phi) is 6.37. The van der Waals surface area contributed by atoms with Crippen molar-refractivity contribution in [3.05, 3.63) is 37.5 Å². The predicted octanol–water partition coefficient (Wildman–Crippen LogP) is 1.85. The van der Waals surface area contributed by atoms with Crippen LogP contribution < -0.4 is 0 Å². The zero-order valence-corrected chi connectivity index (χ0v) is 12.7. The normalized spacial score (nSPS) is 23.1. The van der Waals surface area contributed by atoms with Gasteiger partial charge < -0.3 is 9.47 Å². The highest BCUT2D eigenvalue weighted by atomic mass is 16.6. The molecule has 5 nitrogen and oxygen atoms in total. The first kappa shape index (κ1) is 17.2. The third-order valence-electron chi connectivity index (χ3n) is 3.42. The van der Waals surface area contributed by atoms with Crippen LogP contribution in [0.2, 0.25) is 0 Å². The lowest BCUT2D eigenvalue weighted by Crippen LogP contribution is -2.60. The predicted molar refractivity (Wildman–Crippen MR) is 80.6 cm³/mol. The molecular formula is C16H23NO4. The Morgan fingerprint density at radius 1 is 1.38 bits per heavy atom. The van der Waals surface area contributed by atoms with Gasteiger partial charge in [0.05, 0.1) is 0 Å². The van der Waals surface area contributed by atoms with Crippen molar-refractivity contribution in [2.45, 2.75) is 31.9 Å². The SMILES string of the molecule is C=CCN1CCC=CC1(COC(C)=O)C(C=C)OC(C)=O. The molecule has 21 heavy (non-hydrogen) atoms. The molecule has 0 bridgehead atoms. The van der Waals surface area contributed by atoms with Crippen molar-refractivity contribution in [1.82, 2.24) is 4.90 Å². The molecular weight excluding hydrogens is 270 g/mol. The van der Waals surface area contributed by atoms with E-state index in [2.05, 4.69) is 18.1 Å². The van der Waals surface area contributed by atoms with Gasteiger partial charge in [0.1, 0.15) is 18.2 Å². The van der Waals surface area contributed by atoms with E-state index in [1.165, 1.54) is 13.8 Å². The number of carbonyl (C=O) groups is 2. The van der Waals surface area contributed by atoms with Crippen molar-refractivity contribution in [2.24, 2.45) is 0 Å². The van der Waals surface area contributed by atoms with Gasteiger partial charge in [0.15, 0.2) is 0 Å². The molecule has 0 spiro atoms. The van der Waals surface area contributed by atoms with Gasteiger partial charge in [-0.1, -0.05) is 24.8 Å². The van der Waals surface area contributed by atoms with Crippen LogP contribution in [0.1, 0.15) is 20.3 Å². The minimum atomic E-state index is -0.745. The summed E-state index contributed by atoms with van der Waals surface area (Å²) >= 11 is 0. The summed E-state index contributed by atoms with van der Waals surface area (Å²) in [6.45, 7) is 11.7. The number of hydrogen-bond donors (Lipinski definition) is 0. The fourth-order valence-corrected chi connectivity index (χ4v) is 2.50. The Hall–Kier alpha value is -1.88. The number of rotatable bonds is 7. The highest BCUT2D eigenvalue weighted by Gasteiger charge is 2.44. The van der Waals surface area contributed by atoms with Crippen LogP contribution in [-0.2, 0) is 19.1 Å². The number of ether oxygens (including phenoxy) is 2. The molecule has 0 fully saturated rings. The smallest absolute Gasteiger partial charge is 0.303 e. The van der Waals surface area contributed by atoms with Gasteiger partial charge in [-0.25, -0.2) is 0 Å². The molecule has 0 aromatic carbocycles. The Balaban J connectivity index is 3.16. The second kappa shape index (κ2) is 7.78. The Bertz CT molecular complexity index is 444. The van der Waals surface area contributed by atoms with E-state index in [4.69, 9.17) is 9.47 Å². The van der Waals surface area contributed by atoms with Gasteiger partial charge in [-0.2, -0.15) is 0 Å². The van der Waals surface area contributed by atoms with Gasteiger partial charge in [0.2, 0.25) is 0 Å². The monoisotopic (exact) mass is 293 g/mol. The molecule has 2 atom stereocenters. The summed E-state index contributed by atoms with van der Waals surface area (Å²) in [6.07, 6.45) is 7.54. The van der Waals surface area contributed by atoms with E-state index in [1.54, 1.807) is 12.2 Å². The van der Waals surface area contributed by atoms with Crippen molar-refractivity contribution in [2.75, 3.05) is 19.7 Å². The molecule has 0 radical (unpaired) electrons. The van der Waals surface area contributed by atoms with Crippen molar-refractivity contribution in [3.8, 4) is 0 Å². The van der Waals surface area contributed by atoms with Crippen molar-refractivity contribution >= 4 is 11.9 Å². The van der Waals surface area contributed by atoms with Crippen LogP contribution in [0, 0.1) is 0 Å². The molecule has 1 aliphatic heterocycles. The Labute approximate surface area is 125 Å². The molecule has 0 saturated heterocycles. The van der Waals surface area contributed by atoms with Crippen molar-refractivity contribution in [3.63, 3.8) is 0 Å². The highest BCUT2D eigenvalue weighted by Crippen LogP contribution is 2.30. The van der Waals surface area contributed by atoms with Crippen molar-refractivity contribution < 1.29 is 19.1 Å². The molecule has 0 N–H and O–H groups in total. The van der Waals surface area contributed by atoms with Gasteiger partial charge in [-0.3, -0.25) is 14.5 Å². The first-order valence-electron chi connectivity index (χ1n) is 6.93. The minimum Gasteiger partial charge on any atom is -0.463 e. The molecule has 5 heteroatoms. The van der Waals surface area contributed by atoms with E-state index in [9.17, 15) is 9.59 Å². The number of carbonyl (C=O) groups excluding carboxylic acids is 2. The van der Waals surface area contributed by atoms with Crippen LogP contribution in [-0.4, -0.2) is 48.2 Å². The van der Waals surface area contributed by atoms with Gasteiger partial charge in [0, 0.05) is 26.9 Å². The van der Waals surface area contributed by atoms with Crippen LogP contribution in [0.15, 0.2) is 37.5 Å². The summed E-state index contributed by atoms with van der Waals surface area (Å²) < 4.78 is 10.6. The van der Waals surface area contributed by atoms with Gasteiger partial charge in [-0.05, 0) is 12.5 Å². The maximum absolute atomic E-state index is 11.4. The molecule has 2 unspecified atom stereocenters. The van der Waals surface area contributed by atoms with Crippen molar-refractivity contribution in [1.29, 1.82) is 0 Å². The van der Waals surface area contributed by atoms with Crippen LogP contribution in [0.5, 0.6) is 0 Å². The van der Waals surface area contributed by atoms with E-state index in [0.29, 0.717) is 6.54 Å². The molecule has 116 valence electrons. The number of esters is 2. The first-order chi connectivity index (χ1) is 9.96. The van der Waals surface area contributed by atoms with Crippen LogP contribution in [0.25, 0.3) is 0 Å². The average Bonchev–Trinajstić information content (AvgIpc) is 2.44.